The second-order valence-corrected chi connectivity index (χ2v) is 31.0. The van der Waals surface area contributed by atoms with Crippen LogP contribution in [0.4, 0.5) is 43.9 Å². The van der Waals surface area contributed by atoms with Gasteiger partial charge in [-0.25, -0.2) is 17.6 Å². The van der Waals surface area contributed by atoms with Gasteiger partial charge in [-0.05, 0) is 140 Å². The quantitative estimate of drug-likeness (QED) is 0.183. The van der Waals surface area contributed by atoms with E-state index in [1.54, 1.807) is 20.8 Å². The molecule has 11 amide bonds. The molecule has 2 unspecified atom stereocenters. The van der Waals surface area contributed by atoms with Gasteiger partial charge in [0, 0.05) is 67.7 Å². The minimum atomic E-state index is -5.26. The maximum absolute atomic E-state index is 16.1. The first-order valence-corrected chi connectivity index (χ1v) is 36.3. The molecule has 3 heterocycles. The van der Waals surface area contributed by atoms with Crippen LogP contribution in [-0.2, 0) is 52.7 Å². The number of carbonyl (C=O) groups excluding carboxylic acids is 11. The third-order valence-corrected chi connectivity index (χ3v) is 23.4. The number of rotatable bonds is 10. The number of amides is 11. The first-order chi connectivity index (χ1) is 47.4. The van der Waals surface area contributed by atoms with Crippen molar-refractivity contribution in [3.05, 3.63) is 0 Å². The highest BCUT2D eigenvalue weighted by molar-refractivity contribution is 6.00. The first kappa shape index (κ1) is 82.8. The molecule has 0 aromatic carbocycles. The van der Waals surface area contributed by atoms with E-state index in [2.05, 4.69) is 16.0 Å². The van der Waals surface area contributed by atoms with Crippen LogP contribution < -0.4 is 16.0 Å². The Morgan fingerprint density at radius 1 is 0.588 bits per heavy atom. The molecular formula is C70H107F10N11O11. The summed E-state index contributed by atoms with van der Waals surface area (Å²) in [5.41, 5.74) is -1.84. The zero-order valence-electron chi connectivity index (χ0n) is 60.9. The van der Waals surface area contributed by atoms with E-state index in [9.17, 15) is 64.7 Å². The van der Waals surface area contributed by atoms with E-state index in [1.807, 2.05) is 13.8 Å². The molecule has 0 aromatic rings. The van der Waals surface area contributed by atoms with Gasteiger partial charge in [-0.15, -0.1) is 0 Å². The molecule has 578 valence electrons. The van der Waals surface area contributed by atoms with Crippen LogP contribution in [0.25, 0.3) is 0 Å². The summed E-state index contributed by atoms with van der Waals surface area (Å²) in [6.07, 6.45) is -17.1. The number of nitrogens with one attached hydrogen (secondary N) is 3. The van der Waals surface area contributed by atoms with E-state index >= 15 is 31.9 Å². The summed E-state index contributed by atoms with van der Waals surface area (Å²) >= 11 is 0. The van der Waals surface area contributed by atoms with Crippen LogP contribution >= 0.6 is 0 Å². The van der Waals surface area contributed by atoms with Crippen molar-refractivity contribution in [3.8, 4) is 0 Å². The van der Waals surface area contributed by atoms with Gasteiger partial charge in [0.2, 0.25) is 65.0 Å². The van der Waals surface area contributed by atoms with Crippen molar-refractivity contribution in [2.45, 2.75) is 273 Å². The maximum atomic E-state index is 16.1. The summed E-state index contributed by atoms with van der Waals surface area (Å²) < 4.78 is 146. The van der Waals surface area contributed by atoms with Crippen LogP contribution in [0, 0.1) is 41.4 Å². The molecule has 0 aromatic heterocycles. The average molecular weight is 1470 g/mol. The number of hydrogen-bond acceptors (Lipinski definition) is 11. The number of carbonyl (C=O) groups is 11. The predicted octanol–water partition coefficient (Wildman–Crippen LogP) is 7.35. The fraction of sp³-hybridized carbons (Fsp3) is 0.843. The molecule has 0 bridgehead atoms. The fourth-order valence-corrected chi connectivity index (χ4v) is 16.5. The Morgan fingerprint density at radius 2 is 1.19 bits per heavy atom. The number of hydrogen-bond donors (Lipinski definition) is 3. The van der Waals surface area contributed by atoms with Crippen LogP contribution in [-0.4, -0.2) is 257 Å². The molecule has 12 atom stereocenters. The molecule has 7 aliphatic rings. The summed E-state index contributed by atoms with van der Waals surface area (Å²) in [5, 5.41) is 7.98. The third kappa shape index (κ3) is 19.1. The molecule has 7 rings (SSSR count). The number of alkyl halides is 10. The van der Waals surface area contributed by atoms with Crippen LogP contribution in [0.5, 0.6) is 0 Å². The smallest absolute Gasteiger partial charge is 0.343 e. The zero-order chi connectivity index (χ0) is 76.2. The molecule has 4 saturated carbocycles. The molecule has 32 heteroatoms. The lowest BCUT2D eigenvalue weighted by Gasteiger charge is -2.45. The Balaban J connectivity index is 1.28. The summed E-state index contributed by atoms with van der Waals surface area (Å²) in [4.78, 5) is 172. The number of fused-ring (bicyclic) bond motifs is 2. The third-order valence-electron chi connectivity index (χ3n) is 23.4. The Labute approximate surface area is 591 Å². The van der Waals surface area contributed by atoms with Gasteiger partial charge in [-0.1, -0.05) is 59.8 Å². The van der Waals surface area contributed by atoms with Gasteiger partial charge in [-0.2, -0.15) is 26.3 Å². The lowest BCUT2D eigenvalue weighted by molar-refractivity contribution is -0.219. The average Bonchev–Trinajstić information content (AvgIpc) is 1.48. The molecular weight excluding hydrogens is 1360 g/mol. The summed E-state index contributed by atoms with van der Waals surface area (Å²) in [6.45, 7) is 7.79. The van der Waals surface area contributed by atoms with Crippen molar-refractivity contribution in [2.24, 2.45) is 41.4 Å². The summed E-state index contributed by atoms with van der Waals surface area (Å²) in [5.74, 6) is -20.9. The molecule has 22 nitrogen and oxygen atoms in total. The van der Waals surface area contributed by atoms with Crippen molar-refractivity contribution < 1.29 is 96.6 Å². The zero-order valence-corrected chi connectivity index (χ0v) is 60.9. The molecule has 3 N–H and O–H groups in total. The lowest BCUT2D eigenvalue weighted by Crippen LogP contribution is -2.65. The summed E-state index contributed by atoms with van der Waals surface area (Å²) in [6, 6.07) is -12.6. The molecule has 7 fully saturated rings. The second kappa shape index (κ2) is 33.7. The Bertz CT molecular complexity index is 3020. The molecule has 3 saturated heterocycles. The summed E-state index contributed by atoms with van der Waals surface area (Å²) in [7, 11) is 7.99. The highest BCUT2D eigenvalue weighted by Gasteiger charge is 2.57. The molecule has 102 heavy (non-hydrogen) atoms. The van der Waals surface area contributed by atoms with Gasteiger partial charge >= 0.3 is 12.4 Å². The van der Waals surface area contributed by atoms with E-state index in [4.69, 9.17) is 0 Å². The van der Waals surface area contributed by atoms with Crippen molar-refractivity contribution in [1.29, 1.82) is 0 Å². The van der Waals surface area contributed by atoms with Gasteiger partial charge in [0.15, 0.2) is 0 Å². The SMILES string of the molecule is CC[C@H](C)[C@@H]1NC(=O)[C@H](CC(C)C)N(C)C(=O)C[C@@H](C)N(C)C(=O)[C@H](C2CCCC2)N(C)C(=O)C2(CCCC2)NC(=O)[C@@H]2CC(F)(F)CN2C(=O)[C@H](CCC2CC(F)C(C(F)(F)F)C(F)C2)NC(=O)CN(C)C(=O)[C@H](CC2CCC(C(F)(F)F)CC2)N(C)C(=O)[C@@H]2CCN2C(=O)[C@H](C)N(C)C1=O. The van der Waals surface area contributed by atoms with E-state index in [-0.39, 0.29) is 76.7 Å². The molecule has 3 aliphatic heterocycles. The van der Waals surface area contributed by atoms with Crippen molar-refractivity contribution in [3.63, 3.8) is 0 Å². The van der Waals surface area contributed by atoms with E-state index < -0.39 is 236 Å². The number of halogens is 10. The lowest BCUT2D eigenvalue weighted by atomic mass is 9.76. The Kier molecular flexibility index (Phi) is 27.3. The van der Waals surface area contributed by atoms with Gasteiger partial charge in [0.1, 0.15) is 72.1 Å². The topological polar surface area (TPSA) is 250 Å². The molecule has 1 spiro atoms. The van der Waals surface area contributed by atoms with Crippen LogP contribution in [0.2, 0.25) is 0 Å². The monoisotopic (exact) mass is 1470 g/mol. The van der Waals surface area contributed by atoms with Gasteiger partial charge in [0.05, 0.1) is 19.0 Å². The standard InChI is InChI=1S/C70H107F10N11O11/c1-13-39(4)56-64(100)86(9)41(6)60(96)90-29-26-49(90)63(99)88(11)51(34-42-20-23-45(24-21-42)69(75,76)77)62(98)84(7)36-53(92)81-48(25-22-43-32-46(71)55(47(72)33-43)70(78,79)80)61(97)91-37-68(73,74)35-52(91)59(95)83-67(27-16-17-28-67)66(102)89(12)57(44-18-14-15-19-44)65(101)85(8)40(5)31-54(93)87(10)50(30-38(2)3)58(94)82-56/h38-52,55-57H,13-37H2,1-12H3,(H,81,92)(H,82,94)(H,83,95)/t39-,40+,41-,42?,43?,45?,46?,47?,48-,49-,50-,51-,52-,55?,56-,57-/m0/s1. The van der Waals surface area contributed by atoms with Crippen molar-refractivity contribution in [2.75, 3.05) is 61.9 Å². The highest BCUT2D eigenvalue weighted by Crippen LogP contribution is 2.46. The fourth-order valence-electron chi connectivity index (χ4n) is 16.5. The van der Waals surface area contributed by atoms with E-state index in [0.717, 1.165) is 21.7 Å². The number of likely N-dealkylation sites (N-methyl/N-ethyl adjacent to an activating group) is 6. The van der Waals surface area contributed by atoms with Crippen LogP contribution in [0.1, 0.15) is 183 Å². The highest BCUT2D eigenvalue weighted by atomic mass is 19.4. The van der Waals surface area contributed by atoms with Crippen LogP contribution in [0.3, 0.4) is 0 Å². The minimum Gasteiger partial charge on any atom is -0.343 e. The van der Waals surface area contributed by atoms with Crippen molar-refractivity contribution in [1.82, 2.24) is 55.1 Å². The van der Waals surface area contributed by atoms with Crippen LogP contribution in [0.15, 0.2) is 0 Å². The van der Waals surface area contributed by atoms with Gasteiger partial charge in [0.25, 0.3) is 5.92 Å². The predicted molar refractivity (Wildman–Crippen MR) is 353 cm³/mol. The van der Waals surface area contributed by atoms with Gasteiger partial charge in [-0.3, -0.25) is 52.7 Å². The first-order valence-electron chi connectivity index (χ1n) is 36.3. The second-order valence-electron chi connectivity index (χ2n) is 31.0. The maximum Gasteiger partial charge on any atom is 0.397 e. The van der Waals surface area contributed by atoms with Gasteiger partial charge < -0.3 is 55.1 Å². The molecule has 0 radical (unpaired) electrons. The normalized spacial score (nSPS) is 33.4. The Hall–Kier alpha value is -6.53. The molecule has 4 aliphatic carbocycles. The number of nitrogens with zero attached hydrogens (tertiary/aromatic N) is 8. The largest absolute Gasteiger partial charge is 0.397 e. The van der Waals surface area contributed by atoms with E-state index in [0.29, 0.717) is 49.8 Å². The Morgan fingerprint density at radius 3 is 1.73 bits per heavy atom. The van der Waals surface area contributed by atoms with Crippen molar-refractivity contribution >= 4 is 65.0 Å². The minimum absolute atomic E-state index is 0.00253. The van der Waals surface area contributed by atoms with E-state index in [1.165, 1.54) is 61.8 Å².